The van der Waals surface area contributed by atoms with E-state index in [1.165, 1.54) is 0 Å². The number of hydrogen-bond donors (Lipinski definition) is 1. The molecule has 4 nitrogen and oxygen atoms in total. The van der Waals surface area contributed by atoms with Crippen molar-refractivity contribution >= 4 is 0 Å². The molecule has 1 aromatic carbocycles. The zero-order valence-corrected chi connectivity index (χ0v) is 9.00. The van der Waals surface area contributed by atoms with Crippen molar-refractivity contribution in [2.45, 2.75) is 6.61 Å². The van der Waals surface area contributed by atoms with Gasteiger partial charge in [-0.25, -0.2) is 4.98 Å². The zero-order valence-electron chi connectivity index (χ0n) is 9.00. The first-order valence-electron chi connectivity index (χ1n) is 5.06. The van der Waals surface area contributed by atoms with Gasteiger partial charge in [-0.1, -0.05) is 12.1 Å². The number of benzene rings is 1. The molecule has 0 saturated carbocycles. The van der Waals surface area contributed by atoms with Crippen molar-refractivity contribution in [2.24, 2.45) is 0 Å². The van der Waals surface area contributed by atoms with Gasteiger partial charge in [0.25, 0.3) is 0 Å². The van der Waals surface area contributed by atoms with Gasteiger partial charge in [0.1, 0.15) is 11.8 Å². The molecule has 0 aliphatic carbocycles. The summed E-state index contributed by atoms with van der Waals surface area (Å²) in [6.07, 6.45) is 1.54. The summed E-state index contributed by atoms with van der Waals surface area (Å²) in [6, 6.07) is 12.3. The molecule has 0 atom stereocenters. The Morgan fingerprint density at radius 2 is 2.00 bits per heavy atom. The molecule has 0 amide bonds. The van der Waals surface area contributed by atoms with Gasteiger partial charge in [-0.15, -0.1) is 0 Å². The van der Waals surface area contributed by atoms with Crippen LogP contribution in [0, 0.1) is 11.3 Å². The van der Waals surface area contributed by atoms with Crippen molar-refractivity contribution in [1.82, 2.24) is 4.98 Å². The maximum absolute atomic E-state index is 8.91. The highest BCUT2D eigenvalue weighted by molar-refractivity contribution is 5.40. The Bertz CT molecular complexity index is 544. The molecule has 17 heavy (non-hydrogen) atoms. The highest BCUT2D eigenvalue weighted by Gasteiger charge is 2.04. The lowest BCUT2D eigenvalue weighted by Gasteiger charge is -2.06. The number of ether oxygens (including phenoxy) is 1. The highest BCUT2D eigenvalue weighted by atomic mass is 16.5. The van der Waals surface area contributed by atoms with Crippen molar-refractivity contribution in [1.29, 1.82) is 5.26 Å². The zero-order chi connectivity index (χ0) is 12.1. The average molecular weight is 226 g/mol. The quantitative estimate of drug-likeness (QED) is 0.871. The fourth-order valence-electron chi connectivity index (χ4n) is 1.35. The van der Waals surface area contributed by atoms with Gasteiger partial charge < -0.3 is 9.84 Å². The highest BCUT2D eigenvalue weighted by Crippen LogP contribution is 2.23. The van der Waals surface area contributed by atoms with Crippen LogP contribution in [-0.2, 0) is 6.61 Å². The van der Waals surface area contributed by atoms with E-state index < -0.39 is 0 Å². The summed E-state index contributed by atoms with van der Waals surface area (Å²) >= 11 is 0. The average Bonchev–Trinajstić information content (AvgIpc) is 2.40. The molecule has 0 unspecified atom stereocenters. The minimum atomic E-state index is -0.00336. The maximum atomic E-state index is 8.91. The molecule has 0 fully saturated rings. The van der Waals surface area contributed by atoms with Gasteiger partial charge in [-0.05, 0) is 29.8 Å². The summed E-state index contributed by atoms with van der Waals surface area (Å²) in [6.45, 7) is -0.00336. The van der Waals surface area contributed by atoms with Gasteiger partial charge >= 0.3 is 0 Å². The van der Waals surface area contributed by atoms with Crippen LogP contribution >= 0.6 is 0 Å². The van der Waals surface area contributed by atoms with Gasteiger partial charge in [0.05, 0.1) is 6.61 Å². The summed E-state index contributed by atoms with van der Waals surface area (Å²) < 4.78 is 5.53. The van der Waals surface area contributed by atoms with E-state index in [2.05, 4.69) is 4.98 Å². The number of aliphatic hydroxyl groups excluding tert-OH is 1. The fourth-order valence-corrected chi connectivity index (χ4v) is 1.35. The van der Waals surface area contributed by atoms with E-state index in [1.807, 2.05) is 6.07 Å². The van der Waals surface area contributed by atoms with Crippen molar-refractivity contribution in [3.05, 3.63) is 53.9 Å². The van der Waals surface area contributed by atoms with Gasteiger partial charge in [0.2, 0.25) is 0 Å². The number of aliphatic hydroxyl groups is 1. The first-order chi connectivity index (χ1) is 8.33. The van der Waals surface area contributed by atoms with E-state index in [9.17, 15) is 0 Å². The lowest BCUT2D eigenvalue weighted by atomic mass is 10.2. The number of rotatable bonds is 3. The molecule has 0 aliphatic rings. The Hall–Kier alpha value is -2.38. The van der Waals surface area contributed by atoms with Gasteiger partial charge in [0.15, 0.2) is 11.4 Å². The third kappa shape index (κ3) is 2.60. The molecule has 2 rings (SSSR count). The largest absolute Gasteiger partial charge is 0.454 e. The number of nitriles is 1. The second-order valence-corrected chi connectivity index (χ2v) is 3.37. The van der Waals surface area contributed by atoms with Crippen molar-refractivity contribution in [3.8, 4) is 17.6 Å². The van der Waals surface area contributed by atoms with E-state index in [0.29, 0.717) is 11.5 Å². The smallest absolute Gasteiger partial charge is 0.183 e. The minimum Gasteiger partial charge on any atom is -0.454 e. The topological polar surface area (TPSA) is 66.1 Å². The van der Waals surface area contributed by atoms with Crippen LogP contribution in [0.5, 0.6) is 11.5 Å². The first kappa shape index (κ1) is 11.1. The summed E-state index contributed by atoms with van der Waals surface area (Å²) in [5.74, 6) is 1.03. The number of nitrogens with zero attached hydrogens (tertiary/aromatic N) is 2. The second kappa shape index (κ2) is 5.10. The van der Waals surface area contributed by atoms with E-state index in [-0.39, 0.29) is 12.3 Å². The molecule has 0 saturated heterocycles. The minimum absolute atomic E-state index is 0.00336. The summed E-state index contributed by atoms with van der Waals surface area (Å²) in [5, 5.41) is 17.8. The van der Waals surface area contributed by atoms with Crippen LogP contribution in [0.1, 0.15) is 11.3 Å². The van der Waals surface area contributed by atoms with Crippen LogP contribution in [0.25, 0.3) is 0 Å². The molecule has 84 valence electrons. The summed E-state index contributed by atoms with van der Waals surface area (Å²) in [4.78, 5) is 3.90. The molecular formula is C13H10N2O2. The van der Waals surface area contributed by atoms with Gasteiger partial charge in [0, 0.05) is 6.20 Å². The van der Waals surface area contributed by atoms with E-state index in [1.54, 1.807) is 42.6 Å². The third-order valence-electron chi connectivity index (χ3n) is 2.21. The Morgan fingerprint density at radius 1 is 1.24 bits per heavy atom. The number of hydrogen-bond acceptors (Lipinski definition) is 4. The summed E-state index contributed by atoms with van der Waals surface area (Å²) in [7, 11) is 0. The number of aromatic nitrogens is 1. The van der Waals surface area contributed by atoms with Crippen LogP contribution in [-0.4, -0.2) is 10.1 Å². The number of pyridine rings is 1. The van der Waals surface area contributed by atoms with Crippen molar-refractivity contribution in [2.75, 3.05) is 0 Å². The maximum Gasteiger partial charge on any atom is 0.183 e. The Labute approximate surface area is 98.7 Å². The normalized spacial score (nSPS) is 9.65. The second-order valence-electron chi connectivity index (χ2n) is 3.37. The van der Waals surface area contributed by atoms with Gasteiger partial charge in [-0.2, -0.15) is 5.26 Å². The van der Waals surface area contributed by atoms with E-state index in [4.69, 9.17) is 15.1 Å². The lowest BCUT2D eigenvalue weighted by Crippen LogP contribution is -1.91. The molecule has 0 radical (unpaired) electrons. The third-order valence-corrected chi connectivity index (χ3v) is 2.21. The van der Waals surface area contributed by atoms with Gasteiger partial charge in [-0.3, -0.25) is 0 Å². The van der Waals surface area contributed by atoms with Crippen LogP contribution in [0.4, 0.5) is 0 Å². The summed E-state index contributed by atoms with van der Waals surface area (Å²) in [5.41, 5.74) is 1.06. The van der Waals surface area contributed by atoms with Crippen molar-refractivity contribution < 1.29 is 9.84 Å². The molecule has 0 spiro atoms. The molecule has 0 bridgehead atoms. The molecule has 2 aromatic rings. The van der Waals surface area contributed by atoms with Crippen LogP contribution in [0.2, 0.25) is 0 Å². The van der Waals surface area contributed by atoms with Crippen LogP contribution in [0.3, 0.4) is 0 Å². The van der Waals surface area contributed by atoms with Crippen LogP contribution < -0.4 is 4.74 Å². The van der Waals surface area contributed by atoms with E-state index in [0.717, 1.165) is 5.56 Å². The molecular weight excluding hydrogens is 216 g/mol. The predicted molar refractivity (Wildman–Crippen MR) is 61.4 cm³/mol. The standard InChI is InChI=1S/C13H10N2O2/c14-8-12-13(2-1-7-15-12)17-11-5-3-10(9-16)4-6-11/h1-7,16H,9H2. The Balaban J connectivity index is 2.23. The van der Waals surface area contributed by atoms with Crippen LogP contribution in [0.15, 0.2) is 42.6 Å². The monoisotopic (exact) mass is 226 g/mol. The fraction of sp³-hybridized carbons (Fsp3) is 0.0769. The molecule has 1 N–H and O–H groups in total. The Morgan fingerprint density at radius 3 is 2.65 bits per heavy atom. The first-order valence-corrected chi connectivity index (χ1v) is 5.06. The predicted octanol–water partition coefficient (Wildman–Crippen LogP) is 2.24. The SMILES string of the molecule is N#Cc1ncccc1Oc1ccc(CO)cc1. The van der Waals surface area contributed by atoms with Crippen molar-refractivity contribution in [3.63, 3.8) is 0 Å². The molecule has 1 heterocycles. The molecule has 1 aromatic heterocycles. The molecule has 0 aliphatic heterocycles. The molecule has 4 heteroatoms. The Kier molecular flexibility index (Phi) is 3.34. The lowest BCUT2D eigenvalue weighted by molar-refractivity contribution is 0.281. The van der Waals surface area contributed by atoms with E-state index >= 15 is 0 Å².